The lowest BCUT2D eigenvalue weighted by atomic mass is 9.33. The van der Waals surface area contributed by atoms with Gasteiger partial charge in [0.1, 0.15) is 0 Å². The van der Waals surface area contributed by atoms with Gasteiger partial charge in [0, 0.05) is 50.0 Å². The van der Waals surface area contributed by atoms with E-state index in [1.807, 2.05) is 0 Å². The van der Waals surface area contributed by atoms with Gasteiger partial charge in [0.05, 0.1) is 11.4 Å². The van der Waals surface area contributed by atoms with Crippen molar-refractivity contribution < 1.29 is 0 Å². The smallest absolute Gasteiger partial charge is 0.252 e. The van der Waals surface area contributed by atoms with E-state index in [0.717, 1.165) is 17.1 Å². The fraction of sp³-hybridized carbons (Fsp3) is 0.182. The molecule has 344 valence electrons. The predicted octanol–water partition coefficient (Wildman–Crippen LogP) is 17.0. The van der Waals surface area contributed by atoms with Crippen LogP contribution in [0.15, 0.2) is 200 Å². The van der Waals surface area contributed by atoms with Gasteiger partial charge in [-0.25, -0.2) is 0 Å². The summed E-state index contributed by atoms with van der Waals surface area (Å²) >= 11 is 7.26. The quantitative estimate of drug-likeness (QED) is 0.153. The van der Waals surface area contributed by atoms with Gasteiger partial charge >= 0.3 is 0 Å². The first-order valence-electron chi connectivity index (χ1n) is 24.8. The summed E-state index contributed by atoms with van der Waals surface area (Å²) in [5.41, 5.74) is 23.5. The van der Waals surface area contributed by atoms with Crippen molar-refractivity contribution in [1.82, 2.24) is 0 Å². The average molecular weight is 927 g/mol. The van der Waals surface area contributed by atoms with Gasteiger partial charge in [-0.05, 0) is 126 Å². The Hall–Kier alpha value is -7.07. The molecular weight excluding hydrogens is 867 g/mol. The van der Waals surface area contributed by atoms with Crippen molar-refractivity contribution >= 4 is 68.8 Å². The summed E-state index contributed by atoms with van der Waals surface area (Å²) in [7, 11) is 0. The van der Waals surface area contributed by atoms with Gasteiger partial charge in [0.25, 0.3) is 6.71 Å². The summed E-state index contributed by atoms with van der Waals surface area (Å²) in [5.74, 6) is 0. The SMILES string of the molecule is CC(C)(C)c1cc(-c2ccccc2)c(N2c3ccccc3B3c4ccc(Cl)cc4N(c4c(-c5ccccc5)cc(C(C)(C)C)cc4-c4ccccc4)c4cc(C(C)(C)C)cc2c43)c(-c2ccccc2)c1. The van der Waals surface area contributed by atoms with Gasteiger partial charge in [0.15, 0.2) is 0 Å². The standard InChI is InChI=1S/C66H60BClN2/c1-64(2,3)47-36-51(43-24-14-10-15-25-43)62(52(37-47)44-26-16-11-17-27-44)69-57-33-23-22-32-55(57)67-56-35-34-50(68)42-58(56)70(60-41-49(66(7,8)9)40-59(69)61(60)67)63-53(45-28-18-12-19-29-45)38-48(65(4,5)6)39-54(63)46-30-20-13-21-31-46/h10-42H,1-9H3. The van der Waals surface area contributed by atoms with Crippen LogP contribution in [0.4, 0.5) is 34.1 Å². The largest absolute Gasteiger partial charge is 0.310 e. The van der Waals surface area contributed by atoms with E-state index in [0.29, 0.717) is 5.02 Å². The van der Waals surface area contributed by atoms with Crippen LogP contribution in [-0.4, -0.2) is 6.71 Å². The van der Waals surface area contributed by atoms with E-state index in [9.17, 15) is 0 Å². The molecule has 0 aromatic heterocycles. The molecule has 0 radical (unpaired) electrons. The monoisotopic (exact) mass is 926 g/mol. The van der Waals surface area contributed by atoms with Crippen molar-refractivity contribution in [3.05, 3.63) is 222 Å². The maximum absolute atomic E-state index is 7.26. The summed E-state index contributed by atoms with van der Waals surface area (Å²) in [5, 5.41) is 0.706. The predicted molar refractivity (Wildman–Crippen MR) is 303 cm³/mol. The van der Waals surface area contributed by atoms with Gasteiger partial charge in [-0.2, -0.15) is 0 Å². The van der Waals surface area contributed by atoms with E-state index in [1.54, 1.807) is 0 Å². The minimum atomic E-state index is -0.217. The first kappa shape index (κ1) is 45.4. The summed E-state index contributed by atoms with van der Waals surface area (Å²) < 4.78 is 0. The summed E-state index contributed by atoms with van der Waals surface area (Å²) in [6, 6.07) is 74.6. The highest BCUT2D eigenvalue weighted by atomic mass is 35.5. The number of fused-ring (bicyclic) bond motifs is 4. The van der Waals surface area contributed by atoms with E-state index in [2.05, 4.69) is 272 Å². The van der Waals surface area contributed by atoms with Crippen LogP contribution in [-0.2, 0) is 16.2 Å². The van der Waals surface area contributed by atoms with Crippen LogP contribution < -0.4 is 26.2 Å². The Morgan fingerprint density at radius 2 is 0.657 bits per heavy atom. The van der Waals surface area contributed by atoms with Crippen LogP contribution in [0.3, 0.4) is 0 Å². The molecule has 0 aliphatic carbocycles. The summed E-state index contributed by atoms with van der Waals surface area (Å²) in [6.07, 6.45) is 0. The number of anilines is 6. The second-order valence-electron chi connectivity index (χ2n) is 22.3. The second-order valence-corrected chi connectivity index (χ2v) is 22.8. The molecule has 0 atom stereocenters. The van der Waals surface area contributed by atoms with E-state index < -0.39 is 0 Å². The highest BCUT2D eigenvalue weighted by Gasteiger charge is 2.46. The molecule has 0 saturated carbocycles. The molecule has 0 unspecified atom stereocenters. The number of hydrogen-bond donors (Lipinski definition) is 0. The van der Waals surface area contributed by atoms with Gasteiger partial charge in [-0.3, -0.25) is 0 Å². The molecule has 0 N–H and O–H groups in total. The summed E-state index contributed by atoms with van der Waals surface area (Å²) in [4.78, 5) is 5.23. The zero-order valence-electron chi connectivity index (χ0n) is 41.9. The van der Waals surface area contributed by atoms with Crippen molar-refractivity contribution in [3.63, 3.8) is 0 Å². The number of para-hydroxylation sites is 1. The van der Waals surface area contributed by atoms with Crippen LogP contribution in [0, 0.1) is 0 Å². The second kappa shape index (κ2) is 17.1. The van der Waals surface area contributed by atoms with Crippen molar-refractivity contribution in [2.75, 3.05) is 9.80 Å². The van der Waals surface area contributed by atoms with E-state index in [1.165, 1.54) is 94.6 Å². The Kier molecular flexibility index (Phi) is 11.1. The highest BCUT2D eigenvalue weighted by Crippen LogP contribution is 2.54. The molecule has 0 saturated heterocycles. The molecule has 0 spiro atoms. The maximum Gasteiger partial charge on any atom is 0.252 e. The van der Waals surface area contributed by atoms with Crippen LogP contribution >= 0.6 is 11.6 Å². The fourth-order valence-corrected chi connectivity index (χ4v) is 11.0. The number of halogens is 1. The molecule has 9 aromatic carbocycles. The third-order valence-electron chi connectivity index (χ3n) is 14.5. The van der Waals surface area contributed by atoms with Crippen molar-refractivity contribution in [3.8, 4) is 44.5 Å². The topological polar surface area (TPSA) is 6.48 Å². The minimum absolute atomic E-state index is 0.0848. The first-order valence-corrected chi connectivity index (χ1v) is 25.2. The van der Waals surface area contributed by atoms with Crippen LogP contribution in [0.25, 0.3) is 44.5 Å². The fourth-order valence-electron chi connectivity index (χ4n) is 10.8. The molecule has 2 nitrogen and oxygen atoms in total. The summed E-state index contributed by atoms with van der Waals surface area (Å²) in [6.45, 7) is 20.9. The molecule has 11 rings (SSSR count). The normalized spacial score (nSPS) is 13.2. The Balaban J connectivity index is 1.33. The van der Waals surface area contributed by atoms with Gasteiger partial charge in [-0.1, -0.05) is 220 Å². The Morgan fingerprint density at radius 1 is 0.329 bits per heavy atom. The lowest BCUT2D eigenvalue weighted by molar-refractivity contribution is 0.590. The molecule has 9 aromatic rings. The first-order chi connectivity index (χ1) is 33.6. The van der Waals surface area contributed by atoms with Crippen molar-refractivity contribution in [1.29, 1.82) is 0 Å². The molecule has 0 fully saturated rings. The Morgan fingerprint density at radius 3 is 1.04 bits per heavy atom. The average Bonchev–Trinajstić information content (AvgIpc) is 3.35. The molecule has 70 heavy (non-hydrogen) atoms. The zero-order chi connectivity index (χ0) is 48.7. The zero-order valence-corrected chi connectivity index (χ0v) is 42.7. The Bertz CT molecular complexity index is 3310. The highest BCUT2D eigenvalue weighted by molar-refractivity contribution is 7.00. The van der Waals surface area contributed by atoms with Crippen LogP contribution in [0.2, 0.25) is 5.02 Å². The molecule has 2 heterocycles. The minimum Gasteiger partial charge on any atom is -0.310 e. The molecule has 0 amide bonds. The van der Waals surface area contributed by atoms with Crippen molar-refractivity contribution in [2.45, 2.75) is 78.6 Å². The number of benzene rings is 9. The van der Waals surface area contributed by atoms with Gasteiger partial charge in [-0.15, -0.1) is 0 Å². The van der Waals surface area contributed by atoms with E-state index in [-0.39, 0.29) is 23.0 Å². The molecule has 2 aliphatic rings. The number of nitrogens with zero attached hydrogens (tertiary/aromatic N) is 2. The Labute approximate surface area is 421 Å². The molecular formula is C66H60BClN2. The lowest BCUT2D eigenvalue weighted by Gasteiger charge is -2.46. The number of hydrogen-bond acceptors (Lipinski definition) is 2. The third kappa shape index (κ3) is 7.85. The maximum atomic E-state index is 7.26. The van der Waals surface area contributed by atoms with Crippen LogP contribution in [0.5, 0.6) is 0 Å². The molecule has 4 heteroatoms. The van der Waals surface area contributed by atoms with Crippen LogP contribution in [0.1, 0.15) is 79.0 Å². The lowest BCUT2D eigenvalue weighted by Crippen LogP contribution is -2.61. The van der Waals surface area contributed by atoms with E-state index in [4.69, 9.17) is 11.6 Å². The molecule has 2 aliphatic heterocycles. The number of rotatable bonds is 6. The van der Waals surface area contributed by atoms with Gasteiger partial charge < -0.3 is 9.80 Å². The van der Waals surface area contributed by atoms with Gasteiger partial charge in [0.2, 0.25) is 0 Å². The third-order valence-corrected chi connectivity index (χ3v) is 14.8. The molecule has 0 bridgehead atoms. The van der Waals surface area contributed by atoms with Crippen molar-refractivity contribution in [2.24, 2.45) is 0 Å². The van der Waals surface area contributed by atoms with E-state index >= 15 is 0 Å².